The first-order valence-corrected chi connectivity index (χ1v) is 13.2. The fourth-order valence-corrected chi connectivity index (χ4v) is 5.08. The number of carbonyl (C=O) groups excluding carboxylic acids is 2. The average molecular weight is 531 g/mol. The first-order valence-electron chi connectivity index (χ1n) is 13.2. The number of aromatic nitrogens is 6. The Labute approximate surface area is 228 Å². The lowest BCUT2D eigenvalue weighted by Crippen LogP contribution is -2.50. The lowest BCUT2D eigenvalue weighted by Gasteiger charge is -2.34. The Kier molecular flexibility index (Phi) is 5.77. The number of carbonyl (C=O) groups is 2. The van der Waals surface area contributed by atoms with E-state index < -0.39 is 0 Å². The predicted octanol–water partition coefficient (Wildman–Crippen LogP) is 3.00. The summed E-state index contributed by atoms with van der Waals surface area (Å²) in [7, 11) is 0. The number of amides is 2. The summed E-state index contributed by atoms with van der Waals surface area (Å²) < 4.78 is 0. The standard InChI is InChI=1S/C30H24N8O2/c39-29(25-13-5-11-23(31-25)27-33-19-7-1-2-8-20(19)34-27)37-15-17-38(18-16-37)30(40)26-14-6-12-24(32-26)28-35-21-9-3-4-10-22(21)36-28/h1-14H,15-18H2,(H,33,34)(H,35,36)/p+2. The molecule has 5 heterocycles. The van der Waals surface area contributed by atoms with Crippen molar-refractivity contribution >= 4 is 33.9 Å². The van der Waals surface area contributed by atoms with Gasteiger partial charge in [-0.25, -0.2) is 29.9 Å². The number of imidazole rings is 2. The van der Waals surface area contributed by atoms with E-state index in [0.29, 0.717) is 49.0 Å². The maximum atomic E-state index is 13.3. The number of fused-ring (bicyclic) bond motifs is 2. The third kappa shape index (κ3) is 4.35. The molecule has 0 radical (unpaired) electrons. The van der Waals surface area contributed by atoms with E-state index in [1.807, 2.05) is 72.8 Å². The number of H-pyrrole nitrogens is 4. The maximum absolute atomic E-state index is 13.3. The molecule has 0 spiro atoms. The molecule has 1 fully saturated rings. The van der Waals surface area contributed by atoms with Crippen LogP contribution in [0.5, 0.6) is 0 Å². The number of piperazine rings is 1. The average Bonchev–Trinajstić information content (AvgIpc) is 3.65. The minimum atomic E-state index is -0.153. The van der Waals surface area contributed by atoms with Crippen molar-refractivity contribution < 1.29 is 19.6 Å². The highest BCUT2D eigenvalue weighted by molar-refractivity contribution is 5.94. The molecule has 4 aromatic heterocycles. The second-order valence-corrected chi connectivity index (χ2v) is 9.74. The molecule has 0 saturated carbocycles. The van der Waals surface area contributed by atoms with Crippen LogP contribution in [0.3, 0.4) is 0 Å². The van der Waals surface area contributed by atoms with E-state index in [0.717, 1.165) is 33.7 Å². The Balaban J connectivity index is 1.03. The number of rotatable bonds is 4. The molecule has 0 atom stereocenters. The number of aromatic amines is 4. The molecule has 1 aliphatic heterocycles. The molecule has 2 aromatic carbocycles. The molecule has 0 unspecified atom stereocenters. The fraction of sp³-hybridized carbons (Fsp3) is 0.133. The summed E-state index contributed by atoms with van der Waals surface area (Å²) in [6.07, 6.45) is 0. The van der Waals surface area contributed by atoms with E-state index in [1.165, 1.54) is 0 Å². The summed E-state index contributed by atoms with van der Waals surface area (Å²) in [5, 5.41) is 0. The Morgan fingerprint density at radius 1 is 0.575 bits per heavy atom. The first kappa shape index (κ1) is 23.7. The fourth-order valence-electron chi connectivity index (χ4n) is 5.08. The minimum Gasteiger partial charge on any atom is -0.334 e. The van der Waals surface area contributed by atoms with Gasteiger partial charge in [-0.3, -0.25) is 9.59 Å². The molecular formula is C30H26N8O2+2. The van der Waals surface area contributed by atoms with Crippen LogP contribution in [0.25, 0.3) is 45.1 Å². The molecule has 40 heavy (non-hydrogen) atoms. The zero-order chi connectivity index (χ0) is 27.1. The van der Waals surface area contributed by atoms with Crippen LogP contribution in [-0.2, 0) is 0 Å². The molecule has 1 saturated heterocycles. The summed E-state index contributed by atoms with van der Waals surface area (Å²) in [6.45, 7) is 1.68. The van der Waals surface area contributed by atoms with E-state index in [-0.39, 0.29) is 11.8 Å². The van der Waals surface area contributed by atoms with Crippen LogP contribution >= 0.6 is 0 Å². The molecule has 196 valence electrons. The number of benzene rings is 2. The summed E-state index contributed by atoms with van der Waals surface area (Å²) in [6, 6.07) is 26.6. The van der Waals surface area contributed by atoms with Crippen molar-refractivity contribution in [1.82, 2.24) is 29.7 Å². The van der Waals surface area contributed by atoms with Gasteiger partial charge in [-0.05, 0) is 48.5 Å². The van der Waals surface area contributed by atoms with Crippen molar-refractivity contribution in [3.05, 3.63) is 96.3 Å². The second kappa shape index (κ2) is 9.73. The molecule has 7 rings (SSSR count). The lowest BCUT2D eigenvalue weighted by atomic mass is 10.2. The van der Waals surface area contributed by atoms with Crippen molar-refractivity contribution in [1.29, 1.82) is 0 Å². The number of pyridine rings is 2. The van der Waals surface area contributed by atoms with Gasteiger partial charge in [-0.2, -0.15) is 0 Å². The van der Waals surface area contributed by atoms with Gasteiger partial charge in [-0.15, -0.1) is 0 Å². The van der Waals surface area contributed by atoms with Gasteiger partial charge in [0, 0.05) is 26.2 Å². The third-order valence-electron chi connectivity index (χ3n) is 7.20. The highest BCUT2D eigenvalue weighted by atomic mass is 16.2. The van der Waals surface area contributed by atoms with Crippen LogP contribution in [0, 0.1) is 0 Å². The van der Waals surface area contributed by atoms with Gasteiger partial charge in [0.25, 0.3) is 11.8 Å². The molecule has 6 aromatic rings. The van der Waals surface area contributed by atoms with Crippen LogP contribution in [0.2, 0.25) is 0 Å². The summed E-state index contributed by atoms with van der Waals surface area (Å²) in [5.74, 6) is 1.18. The third-order valence-corrected chi connectivity index (χ3v) is 7.20. The summed E-state index contributed by atoms with van der Waals surface area (Å²) >= 11 is 0. The summed E-state index contributed by atoms with van der Waals surface area (Å²) in [4.78, 5) is 52.6. The molecule has 2 amide bonds. The minimum absolute atomic E-state index is 0.153. The Hall–Kier alpha value is -5.38. The van der Waals surface area contributed by atoms with Crippen LogP contribution in [0.15, 0.2) is 84.9 Å². The number of nitrogens with one attached hydrogen (secondary N) is 4. The van der Waals surface area contributed by atoms with Gasteiger partial charge < -0.3 is 9.80 Å². The van der Waals surface area contributed by atoms with Crippen LogP contribution < -0.4 is 9.97 Å². The Morgan fingerprint density at radius 3 is 1.43 bits per heavy atom. The number of hydrogen-bond donors (Lipinski definition) is 2. The number of hydrogen-bond acceptors (Lipinski definition) is 4. The zero-order valence-electron chi connectivity index (χ0n) is 21.5. The largest absolute Gasteiger partial charge is 0.334 e. The lowest BCUT2D eigenvalue weighted by molar-refractivity contribution is -0.331. The topological polar surface area (TPSA) is 126 Å². The van der Waals surface area contributed by atoms with Crippen molar-refractivity contribution in [2.45, 2.75) is 0 Å². The number of nitrogens with zero attached hydrogens (tertiary/aromatic N) is 4. The molecule has 0 aliphatic carbocycles. The van der Waals surface area contributed by atoms with Crippen LogP contribution in [0.1, 0.15) is 21.0 Å². The predicted molar refractivity (Wildman–Crippen MR) is 148 cm³/mol. The van der Waals surface area contributed by atoms with Crippen molar-refractivity contribution in [3.63, 3.8) is 0 Å². The normalized spacial score (nSPS) is 13.7. The van der Waals surface area contributed by atoms with Crippen molar-refractivity contribution in [2.75, 3.05) is 26.2 Å². The smallest absolute Gasteiger partial charge is 0.304 e. The van der Waals surface area contributed by atoms with Gasteiger partial charge >= 0.3 is 11.6 Å². The Bertz CT molecular complexity index is 1680. The molecular weight excluding hydrogens is 504 g/mol. The first-order chi connectivity index (χ1) is 19.6. The van der Waals surface area contributed by atoms with Gasteiger partial charge in [0.1, 0.15) is 11.4 Å². The Morgan fingerprint density at radius 2 is 1.00 bits per heavy atom. The van der Waals surface area contributed by atoms with Crippen molar-refractivity contribution in [3.8, 4) is 23.0 Å². The molecule has 1 aliphatic rings. The van der Waals surface area contributed by atoms with Crippen LogP contribution in [0.4, 0.5) is 0 Å². The van der Waals surface area contributed by atoms with Gasteiger partial charge in [-0.1, -0.05) is 36.4 Å². The van der Waals surface area contributed by atoms with E-state index in [9.17, 15) is 9.59 Å². The molecule has 0 bridgehead atoms. The number of para-hydroxylation sites is 4. The van der Waals surface area contributed by atoms with Gasteiger partial charge in [0.05, 0.1) is 0 Å². The maximum Gasteiger partial charge on any atom is 0.304 e. The monoisotopic (exact) mass is 530 g/mol. The SMILES string of the molecule is O=C(c1cccc(-c2[nH]c3ccccc3[nH+]2)n1)N1CCN(C(=O)c2cccc(-c3[nH]c4ccccc4[nH+]3)n2)CC1. The highest BCUT2D eigenvalue weighted by Gasteiger charge is 2.28. The van der Waals surface area contributed by atoms with Crippen LogP contribution in [-0.4, -0.2) is 67.7 Å². The van der Waals surface area contributed by atoms with Crippen molar-refractivity contribution in [2.24, 2.45) is 0 Å². The molecule has 10 heteroatoms. The van der Waals surface area contributed by atoms with E-state index in [1.54, 1.807) is 21.9 Å². The zero-order valence-corrected chi connectivity index (χ0v) is 21.5. The quantitative estimate of drug-likeness (QED) is 0.363. The molecule has 10 nitrogen and oxygen atoms in total. The van der Waals surface area contributed by atoms with E-state index >= 15 is 0 Å². The second-order valence-electron chi connectivity index (χ2n) is 9.74. The van der Waals surface area contributed by atoms with Gasteiger partial charge in [0.2, 0.25) is 0 Å². The van der Waals surface area contributed by atoms with Gasteiger partial charge in [0.15, 0.2) is 33.5 Å². The summed E-state index contributed by atoms with van der Waals surface area (Å²) in [5.41, 5.74) is 5.94. The van der Waals surface area contributed by atoms with E-state index in [2.05, 4.69) is 29.9 Å². The highest BCUT2D eigenvalue weighted by Crippen LogP contribution is 2.18. The van der Waals surface area contributed by atoms with E-state index in [4.69, 9.17) is 0 Å². The molecule has 4 N–H and O–H groups in total.